The van der Waals surface area contributed by atoms with Crippen LogP contribution in [-0.4, -0.2) is 17.6 Å². The van der Waals surface area contributed by atoms with E-state index < -0.39 is 11.7 Å². The van der Waals surface area contributed by atoms with E-state index in [2.05, 4.69) is 4.98 Å². The van der Waals surface area contributed by atoms with Crippen molar-refractivity contribution < 1.29 is 27.4 Å². The van der Waals surface area contributed by atoms with Crippen LogP contribution in [0.5, 0.6) is 11.6 Å². The molecule has 26 heavy (non-hydrogen) atoms. The Balaban J connectivity index is 1.81. The number of carbonyl (C=O) groups excluding carboxylic acids is 1. The van der Waals surface area contributed by atoms with E-state index in [1.165, 1.54) is 12.1 Å². The van der Waals surface area contributed by atoms with Gasteiger partial charge in [0.15, 0.2) is 0 Å². The van der Waals surface area contributed by atoms with Gasteiger partial charge < -0.3 is 9.47 Å². The first kappa shape index (κ1) is 19.8. The molecule has 0 radical (unpaired) electrons. The zero-order valence-corrected chi connectivity index (χ0v) is 14.4. The maximum Gasteiger partial charge on any atom is 0.416 e. The average molecular weight is 367 g/mol. The zero-order chi connectivity index (χ0) is 19.0. The Bertz CT molecular complexity index is 697. The molecule has 1 aromatic carbocycles. The van der Waals surface area contributed by atoms with E-state index >= 15 is 0 Å². The third kappa shape index (κ3) is 6.38. The summed E-state index contributed by atoms with van der Waals surface area (Å²) in [4.78, 5) is 15.4. The quantitative estimate of drug-likeness (QED) is 0.477. The zero-order valence-electron chi connectivity index (χ0n) is 14.4. The van der Waals surface area contributed by atoms with Crippen LogP contribution >= 0.6 is 0 Å². The Morgan fingerprint density at radius 1 is 1.08 bits per heavy atom. The van der Waals surface area contributed by atoms with Gasteiger partial charge in [0.05, 0.1) is 12.2 Å². The van der Waals surface area contributed by atoms with Crippen LogP contribution in [0.2, 0.25) is 0 Å². The first-order valence-corrected chi connectivity index (χ1v) is 8.34. The normalized spacial score (nSPS) is 11.2. The van der Waals surface area contributed by atoms with Gasteiger partial charge in [0, 0.05) is 18.7 Å². The van der Waals surface area contributed by atoms with Gasteiger partial charge in [-0.05, 0) is 56.0 Å². The average Bonchev–Trinajstić information content (AvgIpc) is 2.60. The number of alkyl halides is 3. The molecule has 0 saturated carbocycles. The van der Waals surface area contributed by atoms with Crippen molar-refractivity contribution >= 4 is 5.97 Å². The number of unbranched alkanes of at least 4 members (excludes halogenated alkanes) is 1. The molecule has 0 amide bonds. The standard InChI is InChI=1S/C19H20F3NO3/c1-2-25-18(24)6-4-3-5-14-7-12-17(23-13-14)26-16-10-8-15(9-11-16)19(20,21)22/h7-13H,2-6H2,1H3. The van der Waals surface area contributed by atoms with Gasteiger partial charge in [-0.1, -0.05) is 6.07 Å². The molecule has 7 heteroatoms. The molecular formula is C19H20F3NO3. The van der Waals surface area contributed by atoms with E-state index in [4.69, 9.17) is 9.47 Å². The van der Waals surface area contributed by atoms with Crippen molar-refractivity contribution in [1.82, 2.24) is 4.98 Å². The summed E-state index contributed by atoms with van der Waals surface area (Å²) in [6, 6.07) is 7.96. The van der Waals surface area contributed by atoms with Crippen molar-refractivity contribution in [3.05, 3.63) is 53.7 Å². The highest BCUT2D eigenvalue weighted by molar-refractivity contribution is 5.69. The summed E-state index contributed by atoms with van der Waals surface area (Å²) in [6.07, 6.45) is 0.0288. The maximum atomic E-state index is 12.5. The minimum Gasteiger partial charge on any atom is -0.466 e. The Morgan fingerprint density at radius 2 is 1.81 bits per heavy atom. The van der Waals surface area contributed by atoms with E-state index in [9.17, 15) is 18.0 Å². The molecule has 1 aromatic heterocycles. The number of halogens is 3. The lowest BCUT2D eigenvalue weighted by Crippen LogP contribution is -2.04. The predicted molar refractivity (Wildman–Crippen MR) is 89.9 cm³/mol. The van der Waals surface area contributed by atoms with E-state index in [0.29, 0.717) is 18.9 Å². The first-order valence-electron chi connectivity index (χ1n) is 8.34. The second-order valence-electron chi connectivity index (χ2n) is 5.64. The van der Waals surface area contributed by atoms with Gasteiger partial charge >= 0.3 is 12.1 Å². The minimum absolute atomic E-state index is 0.189. The Kier molecular flexibility index (Phi) is 7.00. The molecule has 0 N–H and O–H groups in total. The van der Waals surface area contributed by atoms with E-state index in [1.807, 2.05) is 6.07 Å². The smallest absolute Gasteiger partial charge is 0.416 e. The number of aromatic nitrogens is 1. The van der Waals surface area contributed by atoms with Gasteiger partial charge in [-0.25, -0.2) is 4.98 Å². The minimum atomic E-state index is -4.37. The lowest BCUT2D eigenvalue weighted by Gasteiger charge is -2.09. The van der Waals surface area contributed by atoms with Crippen LogP contribution in [0.25, 0.3) is 0 Å². The Labute approximate surface area is 150 Å². The number of hydrogen-bond donors (Lipinski definition) is 0. The highest BCUT2D eigenvalue weighted by atomic mass is 19.4. The van der Waals surface area contributed by atoms with Gasteiger partial charge in [0.1, 0.15) is 5.75 Å². The molecule has 140 valence electrons. The van der Waals surface area contributed by atoms with Gasteiger partial charge in [-0.2, -0.15) is 13.2 Å². The Hall–Kier alpha value is -2.57. The second kappa shape index (κ2) is 9.22. The van der Waals surface area contributed by atoms with Crippen molar-refractivity contribution in [3.63, 3.8) is 0 Å². The molecule has 0 aliphatic carbocycles. The highest BCUT2D eigenvalue weighted by Gasteiger charge is 2.30. The van der Waals surface area contributed by atoms with Gasteiger partial charge in [-0.15, -0.1) is 0 Å². The summed E-state index contributed by atoms with van der Waals surface area (Å²) in [5.74, 6) is 0.402. The summed E-state index contributed by atoms with van der Waals surface area (Å²) in [5, 5.41) is 0. The molecule has 0 unspecified atom stereocenters. The van der Waals surface area contributed by atoms with E-state index in [-0.39, 0.29) is 11.7 Å². The van der Waals surface area contributed by atoms with Crippen molar-refractivity contribution in [2.24, 2.45) is 0 Å². The van der Waals surface area contributed by atoms with Gasteiger partial charge in [-0.3, -0.25) is 4.79 Å². The van der Waals surface area contributed by atoms with Crippen molar-refractivity contribution in [2.75, 3.05) is 6.61 Å². The molecule has 2 rings (SSSR count). The number of nitrogens with zero attached hydrogens (tertiary/aromatic N) is 1. The summed E-state index contributed by atoms with van der Waals surface area (Å²) >= 11 is 0. The molecule has 0 aliphatic rings. The number of hydrogen-bond acceptors (Lipinski definition) is 4. The number of rotatable bonds is 8. The van der Waals surface area contributed by atoms with Crippen LogP contribution in [0.4, 0.5) is 13.2 Å². The third-order valence-electron chi connectivity index (χ3n) is 3.60. The van der Waals surface area contributed by atoms with Crippen LogP contribution in [-0.2, 0) is 22.1 Å². The molecule has 0 spiro atoms. The van der Waals surface area contributed by atoms with E-state index in [1.54, 1.807) is 19.2 Å². The van der Waals surface area contributed by atoms with Crippen LogP contribution in [0.15, 0.2) is 42.6 Å². The molecule has 0 aliphatic heterocycles. The van der Waals surface area contributed by atoms with Gasteiger partial charge in [0.25, 0.3) is 0 Å². The van der Waals surface area contributed by atoms with E-state index in [0.717, 1.165) is 37.0 Å². The molecule has 0 fully saturated rings. The fourth-order valence-electron chi connectivity index (χ4n) is 2.28. The topological polar surface area (TPSA) is 48.4 Å². The number of carbonyl (C=O) groups is 1. The van der Waals surface area contributed by atoms with Crippen LogP contribution in [0.1, 0.15) is 37.3 Å². The first-order chi connectivity index (χ1) is 12.4. The molecule has 2 aromatic rings. The van der Waals surface area contributed by atoms with Crippen LogP contribution in [0.3, 0.4) is 0 Å². The number of ether oxygens (including phenoxy) is 2. The third-order valence-corrected chi connectivity index (χ3v) is 3.60. The predicted octanol–water partition coefficient (Wildman–Crippen LogP) is 5.17. The van der Waals surface area contributed by atoms with Crippen LogP contribution < -0.4 is 4.74 Å². The summed E-state index contributed by atoms with van der Waals surface area (Å²) in [6.45, 7) is 2.17. The van der Waals surface area contributed by atoms with Crippen molar-refractivity contribution in [2.45, 2.75) is 38.8 Å². The summed E-state index contributed by atoms with van der Waals surface area (Å²) in [5.41, 5.74) is 0.268. The Morgan fingerprint density at radius 3 is 2.38 bits per heavy atom. The molecule has 4 nitrogen and oxygen atoms in total. The number of esters is 1. The molecule has 0 atom stereocenters. The SMILES string of the molecule is CCOC(=O)CCCCc1ccc(Oc2ccc(C(F)(F)F)cc2)nc1. The lowest BCUT2D eigenvalue weighted by molar-refractivity contribution is -0.143. The van der Waals surface area contributed by atoms with Crippen LogP contribution in [0, 0.1) is 0 Å². The molecular weight excluding hydrogens is 347 g/mol. The molecule has 0 bridgehead atoms. The number of benzene rings is 1. The van der Waals surface area contributed by atoms with Crippen molar-refractivity contribution in [3.8, 4) is 11.6 Å². The number of pyridine rings is 1. The highest BCUT2D eigenvalue weighted by Crippen LogP contribution is 2.31. The lowest BCUT2D eigenvalue weighted by atomic mass is 10.1. The fraction of sp³-hybridized carbons (Fsp3) is 0.368. The monoisotopic (exact) mass is 367 g/mol. The molecule has 1 heterocycles. The summed E-state index contributed by atoms with van der Waals surface area (Å²) in [7, 11) is 0. The largest absolute Gasteiger partial charge is 0.466 e. The van der Waals surface area contributed by atoms with Gasteiger partial charge in [0.2, 0.25) is 5.88 Å². The second-order valence-corrected chi connectivity index (χ2v) is 5.64. The molecule has 0 saturated heterocycles. The summed E-state index contributed by atoms with van der Waals surface area (Å²) < 4.78 is 47.9. The van der Waals surface area contributed by atoms with Crippen molar-refractivity contribution in [1.29, 1.82) is 0 Å². The number of aryl methyl sites for hydroxylation is 1. The fourth-order valence-corrected chi connectivity index (χ4v) is 2.28. The maximum absolute atomic E-state index is 12.5.